The van der Waals surface area contributed by atoms with Crippen LogP contribution in [-0.2, 0) is 6.42 Å². The van der Waals surface area contributed by atoms with Gasteiger partial charge in [0, 0.05) is 35.6 Å². The molecule has 1 fully saturated rings. The molecule has 4 rings (SSSR count). The van der Waals surface area contributed by atoms with Crippen LogP contribution in [0.25, 0.3) is 0 Å². The SMILES string of the molecule is CC1=N/C(=C2\CN(C(=O)c3ccc(F)cc3OCCc3ccc(C)nc3)CC2=N)NC(C)=C1Cl. The first-order valence-electron chi connectivity index (χ1n) is 10.9. The molecule has 34 heavy (non-hydrogen) atoms. The number of nitrogens with zero attached hydrogens (tertiary/aromatic N) is 3. The maximum absolute atomic E-state index is 14.0. The number of allylic oxidation sites excluding steroid dienone is 2. The number of carbonyl (C=O) groups excluding carboxylic acids is 1. The highest BCUT2D eigenvalue weighted by molar-refractivity contribution is 6.43. The second kappa shape index (κ2) is 9.77. The van der Waals surface area contributed by atoms with Gasteiger partial charge in [0.25, 0.3) is 5.91 Å². The molecular formula is C25H25ClFN5O2. The summed E-state index contributed by atoms with van der Waals surface area (Å²) < 4.78 is 19.8. The van der Waals surface area contributed by atoms with Gasteiger partial charge in [-0.25, -0.2) is 9.38 Å². The molecular weight excluding hydrogens is 457 g/mol. The van der Waals surface area contributed by atoms with Crippen molar-refractivity contribution in [2.24, 2.45) is 4.99 Å². The minimum Gasteiger partial charge on any atom is -0.492 e. The van der Waals surface area contributed by atoms with Crippen LogP contribution in [0.1, 0.15) is 35.5 Å². The van der Waals surface area contributed by atoms with Gasteiger partial charge in [0.15, 0.2) is 0 Å². The number of likely N-dealkylation sites (tertiary alicyclic amines) is 1. The number of aromatic nitrogens is 1. The van der Waals surface area contributed by atoms with Crippen molar-refractivity contribution in [3.63, 3.8) is 0 Å². The van der Waals surface area contributed by atoms with Crippen molar-refractivity contribution in [1.29, 1.82) is 5.41 Å². The average molecular weight is 482 g/mol. The van der Waals surface area contributed by atoms with Crippen molar-refractivity contribution < 1.29 is 13.9 Å². The predicted molar refractivity (Wildman–Crippen MR) is 130 cm³/mol. The normalized spacial score (nSPS) is 18.2. The average Bonchev–Trinajstić information content (AvgIpc) is 3.20. The molecule has 0 radical (unpaired) electrons. The highest BCUT2D eigenvalue weighted by Crippen LogP contribution is 2.27. The van der Waals surface area contributed by atoms with Crippen LogP contribution in [0, 0.1) is 18.2 Å². The summed E-state index contributed by atoms with van der Waals surface area (Å²) in [6.45, 7) is 6.13. The Balaban J connectivity index is 1.50. The third kappa shape index (κ3) is 5.02. The Morgan fingerprint density at radius 2 is 2.03 bits per heavy atom. The Labute approximate surface area is 202 Å². The van der Waals surface area contributed by atoms with Gasteiger partial charge < -0.3 is 20.4 Å². The molecule has 2 N–H and O–H groups in total. The molecule has 0 aliphatic carbocycles. The fraction of sp³-hybridized carbons (Fsp3) is 0.280. The van der Waals surface area contributed by atoms with Crippen molar-refractivity contribution in [3.05, 3.63) is 81.3 Å². The number of nitrogens with one attached hydrogen (secondary N) is 2. The highest BCUT2D eigenvalue weighted by Gasteiger charge is 2.32. The maximum Gasteiger partial charge on any atom is 0.258 e. The van der Waals surface area contributed by atoms with E-state index < -0.39 is 5.82 Å². The Kier molecular flexibility index (Phi) is 6.79. The number of halogens is 2. The maximum atomic E-state index is 14.0. The summed E-state index contributed by atoms with van der Waals surface area (Å²) in [7, 11) is 0. The molecule has 0 unspecified atom stereocenters. The molecule has 2 aliphatic heterocycles. The van der Waals surface area contributed by atoms with Crippen LogP contribution in [-0.4, -0.2) is 46.9 Å². The molecule has 2 aromatic rings. The summed E-state index contributed by atoms with van der Waals surface area (Å²) in [6, 6.07) is 7.74. The second-order valence-electron chi connectivity index (χ2n) is 8.27. The number of ether oxygens (including phenoxy) is 1. The summed E-state index contributed by atoms with van der Waals surface area (Å²) in [5.41, 5.74) is 4.45. The minimum atomic E-state index is -0.490. The van der Waals surface area contributed by atoms with Crippen LogP contribution in [0.15, 0.2) is 63.6 Å². The number of amides is 1. The molecule has 0 bridgehead atoms. The van der Waals surface area contributed by atoms with Gasteiger partial charge in [-0.05, 0) is 44.5 Å². The van der Waals surface area contributed by atoms with E-state index in [2.05, 4.69) is 15.3 Å². The lowest BCUT2D eigenvalue weighted by Gasteiger charge is -2.19. The first-order valence-corrected chi connectivity index (χ1v) is 11.2. The largest absolute Gasteiger partial charge is 0.492 e. The molecule has 0 spiro atoms. The number of benzene rings is 1. The van der Waals surface area contributed by atoms with E-state index in [9.17, 15) is 9.18 Å². The quantitative estimate of drug-likeness (QED) is 0.663. The van der Waals surface area contributed by atoms with E-state index >= 15 is 0 Å². The smallest absolute Gasteiger partial charge is 0.258 e. The molecule has 7 nitrogen and oxygen atoms in total. The molecule has 1 aromatic heterocycles. The molecule has 1 aromatic carbocycles. The lowest BCUT2D eigenvalue weighted by molar-refractivity contribution is 0.0799. The minimum absolute atomic E-state index is 0.121. The van der Waals surface area contributed by atoms with Crippen LogP contribution in [0.2, 0.25) is 0 Å². The van der Waals surface area contributed by atoms with Crippen molar-refractivity contribution in [2.45, 2.75) is 27.2 Å². The number of hydrogen-bond acceptors (Lipinski definition) is 6. The first-order chi connectivity index (χ1) is 16.2. The third-order valence-corrected chi connectivity index (χ3v) is 6.22. The van der Waals surface area contributed by atoms with Gasteiger partial charge in [0.1, 0.15) is 17.4 Å². The lowest BCUT2D eigenvalue weighted by atomic mass is 10.1. The molecule has 0 atom stereocenters. The first kappa shape index (κ1) is 23.6. The van der Waals surface area contributed by atoms with Gasteiger partial charge in [-0.2, -0.15) is 0 Å². The van der Waals surface area contributed by atoms with Crippen molar-refractivity contribution >= 4 is 28.9 Å². The molecule has 1 amide bonds. The van der Waals surface area contributed by atoms with E-state index in [0.717, 1.165) is 17.0 Å². The van der Waals surface area contributed by atoms with Crippen molar-refractivity contribution in [3.8, 4) is 5.75 Å². The van der Waals surface area contributed by atoms with Crippen LogP contribution < -0.4 is 10.1 Å². The number of aryl methyl sites for hydroxylation is 1. The number of hydrogen-bond donors (Lipinski definition) is 2. The van der Waals surface area contributed by atoms with Crippen LogP contribution in [0.5, 0.6) is 5.75 Å². The van der Waals surface area contributed by atoms with Gasteiger partial charge in [-0.15, -0.1) is 0 Å². The standard InChI is InChI=1S/C25H25ClFN5O2/c1-14-4-5-17(11-29-14)8-9-34-22-10-18(27)6-7-19(22)25(33)32-12-20(21(28)13-32)24-30-15(2)23(26)16(3)31-24/h4-7,10-11,28,30H,8-9,12-13H2,1-3H3/b24-20+,28-21?. The Morgan fingerprint density at radius 1 is 1.24 bits per heavy atom. The van der Waals surface area contributed by atoms with E-state index in [0.29, 0.717) is 28.6 Å². The number of aliphatic imine (C=N–C) groups is 1. The number of rotatable bonds is 5. The Morgan fingerprint density at radius 3 is 2.74 bits per heavy atom. The third-order valence-electron chi connectivity index (χ3n) is 5.66. The van der Waals surface area contributed by atoms with E-state index in [1.807, 2.05) is 26.0 Å². The highest BCUT2D eigenvalue weighted by atomic mass is 35.5. The fourth-order valence-electron chi connectivity index (χ4n) is 3.77. The molecule has 9 heteroatoms. The molecule has 3 heterocycles. The van der Waals surface area contributed by atoms with E-state index in [-0.39, 0.29) is 42.6 Å². The van der Waals surface area contributed by atoms with Crippen molar-refractivity contribution in [2.75, 3.05) is 19.7 Å². The fourth-order valence-corrected chi connectivity index (χ4v) is 3.86. The zero-order valence-electron chi connectivity index (χ0n) is 19.2. The van der Waals surface area contributed by atoms with Gasteiger partial charge in [-0.3, -0.25) is 9.78 Å². The van der Waals surface area contributed by atoms with Gasteiger partial charge in [-0.1, -0.05) is 17.7 Å². The van der Waals surface area contributed by atoms with E-state index in [4.69, 9.17) is 21.7 Å². The van der Waals surface area contributed by atoms with Gasteiger partial charge >= 0.3 is 0 Å². The summed E-state index contributed by atoms with van der Waals surface area (Å²) >= 11 is 6.20. The Bertz CT molecular complexity index is 1250. The van der Waals surface area contributed by atoms with Crippen LogP contribution in [0.4, 0.5) is 4.39 Å². The summed E-state index contributed by atoms with van der Waals surface area (Å²) in [5, 5.41) is 12.1. The topological polar surface area (TPSA) is 90.7 Å². The van der Waals surface area contributed by atoms with Crippen LogP contribution >= 0.6 is 11.6 Å². The van der Waals surface area contributed by atoms with Gasteiger partial charge in [0.05, 0.1) is 41.7 Å². The lowest BCUT2D eigenvalue weighted by Crippen LogP contribution is -2.29. The monoisotopic (exact) mass is 481 g/mol. The Hall–Kier alpha value is -3.52. The molecule has 1 saturated heterocycles. The van der Waals surface area contributed by atoms with E-state index in [1.54, 1.807) is 13.1 Å². The number of pyridine rings is 1. The summed E-state index contributed by atoms with van der Waals surface area (Å²) in [4.78, 5) is 23.5. The number of carbonyl (C=O) groups is 1. The zero-order valence-corrected chi connectivity index (χ0v) is 20.0. The molecule has 0 saturated carbocycles. The molecule has 176 valence electrons. The molecule has 2 aliphatic rings. The van der Waals surface area contributed by atoms with Gasteiger partial charge in [0.2, 0.25) is 0 Å². The summed E-state index contributed by atoms with van der Waals surface area (Å²) in [5.74, 6) is -0.139. The van der Waals surface area contributed by atoms with E-state index in [1.165, 1.54) is 23.1 Å². The predicted octanol–water partition coefficient (Wildman–Crippen LogP) is 4.37. The zero-order chi connectivity index (χ0) is 24.4. The van der Waals surface area contributed by atoms with Crippen LogP contribution in [0.3, 0.4) is 0 Å². The second-order valence-corrected chi connectivity index (χ2v) is 8.65. The van der Waals surface area contributed by atoms with Crippen molar-refractivity contribution in [1.82, 2.24) is 15.2 Å². The summed E-state index contributed by atoms with van der Waals surface area (Å²) in [6.07, 6.45) is 2.34.